The normalized spacial score (nSPS) is 11.9. The summed E-state index contributed by atoms with van der Waals surface area (Å²) in [7, 11) is 1.51. The number of carbonyl (C=O) groups excluding carboxylic acids is 1. The Labute approximate surface area is 112 Å². The van der Waals surface area contributed by atoms with Crippen molar-refractivity contribution in [1.82, 2.24) is 10.2 Å². The lowest BCUT2D eigenvalue weighted by molar-refractivity contribution is -0.137. The molecule has 0 aliphatic heterocycles. The van der Waals surface area contributed by atoms with Gasteiger partial charge in [0.15, 0.2) is 0 Å². The zero-order valence-corrected chi connectivity index (χ0v) is 12.0. The summed E-state index contributed by atoms with van der Waals surface area (Å²) in [4.78, 5) is 23.7. The highest BCUT2D eigenvalue weighted by atomic mass is 32.2. The largest absolute Gasteiger partial charge is 0.480 e. The zero-order valence-electron chi connectivity index (χ0n) is 11.1. The van der Waals surface area contributed by atoms with E-state index in [1.807, 2.05) is 6.92 Å². The number of carbonyl (C=O) groups is 2. The summed E-state index contributed by atoms with van der Waals surface area (Å²) in [5.74, 6) is 0.771. The minimum absolute atomic E-state index is 0.0151. The third-order valence-electron chi connectivity index (χ3n) is 2.12. The third kappa shape index (κ3) is 8.19. The average molecular weight is 278 g/mol. The number of carboxylic acids is 1. The van der Waals surface area contributed by atoms with Gasteiger partial charge in [0, 0.05) is 25.4 Å². The molecule has 18 heavy (non-hydrogen) atoms. The monoisotopic (exact) mass is 278 g/mol. The molecular formula is C11H22N2O4S. The smallest absolute Gasteiger partial charge is 0.323 e. The number of aliphatic carboxylic acids is 1. The van der Waals surface area contributed by atoms with Crippen molar-refractivity contribution in [3.8, 4) is 0 Å². The molecule has 0 aromatic carbocycles. The molecule has 0 bridgehead atoms. The maximum atomic E-state index is 11.8. The topological polar surface area (TPSA) is 78.9 Å². The second-order valence-electron chi connectivity index (χ2n) is 3.82. The maximum Gasteiger partial charge on any atom is 0.323 e. The molecule has 106 valence electrons. The average Bonchev–Trinajstić information content (AvgIpc) is 2.31. The Morgan fingerprint density at radius 1 is 1.50 bits per heavy atom. The molecule has 0 saturated heterocycles. The molecule has 7 heteroatoms. The van der Waals surface area contributed by atoms with Gasteiger partial charge in [-0.1, -0.05) is 6.92 Å². The van der Waals surface area contributed by atoms with Crippen LogP contribution < -0.4 is 5.32 Å². The van der Waals surface area contributed by atoms with Crippen LogP contribution in [0.4, 0.5) is 4.79 Å². The second kappa shape index (κ2) is 10.0. The number of methoxy groups -OCH3 is 1. The van der Waals surface area contributed by atoms with E-state index in [1.54, 1.807) is 11.8 Å². The van der Waals surface area contributed by atoms with Crippen molar-refractivity contribution in [3.63, 3.8) is 0 Å². The maximum absolute atomic E-state index is 11.8. The van der Waals surface area contributed by atoms with Gasteiger partial charge < -0.3 is 20.1 Å². The number of thioether (sulfide) groups is 1. The first-order chi connectivity index (χ1) is 8.51. The number of nitrogens with zero attached hydrogens (tertiary/aromatic N) is 1. The van der Waals surface area contributed by atoms with Crippen LogP contribution in [0.2, 0.25) is 0 Å². The van der Waals surface area contributed by atoms with E-state index in [4.69, 9.17) is 9.84 Å². The minimum atomic E-state index is -1.03. The van der Waals surface area contributed by atoms with Gasteiger partial charge in [-0.25, -0.2) is 4.79 Å². The van der Waals surface area contributed by atoms with Crippen LogP contribution in [-0.2, 0) is 9.53 Å². The van der Waals surface area contributed by atoms with Crippen LogP contribution in [0.5, 0.6) is 0 Å². The SMILES string of the molecule is CCSCC(C)NC(=O)N(CCOC)CC(=O)O. The summed E-state index contributed by atoms with van der Waals surface area (Å²) in [6.07, 6.45) is 0. The van der Waals surface area contributed by atoms with Gasteiger partial charge in [-0.15, -0.1) is 0 Å². The Hall–Kier alpha value is -0.950. The molecule has 0 heterocycles. The summed E-state index contributed by atoms with van der Waals surface area (Å²) < 4.78 is 4.86. The Morgan fingerprint density at radius 2 is 2.17 bits per heavy atom. The van der Waals surface area contributed by atoms with Crippen molar-refractivity contribution in [2.75, 3.05) is 38.3 Å². The van der Waals surface area contributed by atoms with Crippen LogP contribution in [-0.4, -0.2) is 66.4 Å². The van der Waals surface area contributed by atoms with Crippen molar-refractivity contribution >= 4 is 23.8 Å². The molecule has 1 atom stereocenters. The van der Waals surface area contributed by atoms with Gasteiger partial charge >= 0.3 is 12.0 Å². The highest BCUT2D eigenvalue weighted by molar-refractivity contribution is 7.99. The first-order valence-electron chi connectivity index (χ1n) is 5.85. The van der Waals surface area contributed by atoms with Crippen molar-refractivity contribution in [2.24, 2.45) is 0 Å². The lowest BCUT2D eigenvalue weighted by Crippen LogP contribution is -2.47. The Bertz CT molecular complexity index is 263. The lowest BCUT2D eigenvalue weighted by atomic mass is 10.4. The van der Waals surface area contributed by atoms with Gasteiger partial charge in [0.05, 0.1) is 6.61 Å². The Morgan fingerprint density at radius 3 is 2.67 bits per heavy atom. The van der Waals surface area contributed by atoms with Crippen LogP contribution in [0.15, 0.2) is 0 Å². The molecule has 0 spiro atoms. The van der Waals surface area contributed by atoms with E-state index in [9.17, 15) is 9.59 Å². The Balaban J connectivity index is 4.22. The number of hydrogen-bond donors (Lipinski definition) is 2. The predicted molar refractivity (Wildman–Crippen MR) is 72.1 cm³/mol. The molecule has 0 fully saturated rings. The second-order valence-corrected chi connectivity index (χ2v) is 5.14. The fourth-order valence-corrected chi connectivity index (χ4v) is 1.93. The summed E-state index contributed by atoms with van der Waals surface area (Å²) >= 11 is 1.73. The number of carboxylic acid groups (broad SMARTS) is 1. The summed E-state index contributed by atoms with van der Waals surface area (Å²) in [6.45, 7) is 4.22. The third-order valence-corrected chi connectivity index (χ3v) is 3.26. The number of urea groups is 1. The Kier molecular flexibility index (Phi) is 9.49. The van der Waals surface area contributed by atoms with Crippen molar-refractivity contribution in [1.29, 1.82) is 0 Å². The van der Waals surface area contributed by atoms with E-state index in [0.717, 1.165) is 11.5 Å². The molecule has 0 aliphatic carbocycles. The molecule has 0 aliphatic rings. The molecule has 6 nitrogen and oxygen atoms in total. The molecule has 0 aromatic rings. The van der Waals surface area contributed by atoms with Crippen LogP contribution in [0.25, 0.3) is 0 Å². The van der Waals surface area contributed by atoms with Crippen LogP contribution >= 0.6 is 11.8 Å². The van der Waals surface area contributed by atoms with Gasteiger partial charge in [-0.05, 0) is 12.7 Å². The number of rotatable bonds is 9. The van der Waals surface area contributed by atoms with E-state index in [0.29, 0.717) is 6.61 Å². The van der Waals surface area contributed by atoms with Gasteiger partial charge in [-0.2, -0.15) is 11.8 Å². The van der Waals surface area contributed by atoms with Crippen molar-refractivity contribution in [3.05, 3.63) is 0 Å². The van der Waals surface area contributed by atoms with Crippen molar-refractivity contribution < 1.29 is 19.4 Å². The standard InChI is InChI=1S/C11H22N2O4S/c1-4-18-8-9(2)12-11(16)13(5-6-17-3)7-10(14)15/h9H,4-8H2,1-3H3,(H,12,16)(H,14,15). The lowest BCUT2D eigenvalue weighted by Gasteiger charge is -2.23. The number of ether oxygens (including phenoxy) is 1. The van der Waals surface area contributed by atoms with Gasteiger partial charge in [0.25, 0.3) is 0 Å². The van der Waals surface area contributed by atoms with Crippen molar-refractivity contribution in [2.45, 2.75) is 19.9 Å². The fourth-order valence-electron chi connectivity index (χ4n) is 1.26. The predicted octanol–water partition coefficient (Wildman–Crippen LogP) is 0.871. The number of nitrogens with one attached hydrogen (secondary N) is 1. The van der Waals surface area contributed by atoms with Gasteiger partial charge in [-0.3, -0.25) is 4.79 Å². The molecule has 0 rings (SSSR count). The van der Waals surface area contributed by atoms with Gasteiger partial charge in [0.1, 0.15) is 6.54 Å². The molecule has 2 N–H and O–H groups in total. The first kappa shape index (κ1) is 17.1. The summed E-state index contributed by atoms with van der Waals surface area (Å²) in [5.41, 5.74) is 0. The van der Waals surface area contributed by atoms with E-state index in [2.05, 4.69) is 12.2 Å². The van der Waals surface area contributed by atoms with Crippen LogP contribution in [0, 0.1) is 0 Å². The van der Waals surface area contributed by atoms with E-state index < -0.39 is 5.97 Å². The molecular weight excluding hydrogens is 256 g/mol. The highest BCUT2D eigenvalue weighted by Gasteiger charge is 2.17. The van der Waals surface area contributed by atoms with Crippen LogP contribution in [0.3, 0.4) is 0 Å². The molecule has 1 unspecified atom stereocenters. The van der Waals surface area contributed by atoms with E-state index >= 15 is 0 Å². The molecule has 0 saturated carbocycles. The van der Waals surface area contributed by atoms with E-state index in [1.165, 1.54) is 12.0 Å². The molecule has 2 amide bonds. The highest BCUT2D eigenvalue weighted by Crippen LogP contribution is 2.02. The zero-order chi connectivity index (χ0) is 14.0. The summed E-state index contributed by atoms with van der Waals surface area (Å²) in [6, 6.07) is -0.347. The van der Waals surface area contributed by atoms with Crippen LogP contribution in [0.1, 0.15) is 13.8 Å². The quantitative estimate of drug-likeness (QED) is 0.654. The number of amides is 2. The molecule has 0 aromatic heterocycles. The number of hydrogen-bond acceptors (Lipinski definition) is 4. The minimum Gasteiger partial charge on any atom is -0.480 e. The van der Waals surface area contributed by atoms with Gasteiger partial charge in [0.2, 0.25) is 0 Å². The fraction of sp³-hybridized carbons (Fsp3) is 0.818. The first-order valence-corrected chi connectivity index (χ1v) is 7.00. The molecule has 0 radical (unpaired) electrons. The van der Waals surface area contributed by atoms with E-state index in [-0.39, 0.29) is 25.2 Å². The summed E-state index contributed by atoms with van der Waals surface area (Å²) in [5, 5.41) is 11.5.